The van der Waals surface area contributed by atoms with E-state index in [1.807, 2.05) is 7.05 Å². The molecule has 2 saturated heterocycles. The van der Waals surface area contributed by atoms with Gasteiger partial charge >= 0.3 is 0 Å². The molecule has 0 saturated carbocycles. The van der Waals surface area contributed by atoms with Crippen molar-refractivity contribution < 1.29 is 8.42 Å². The van der Waals surface area contributed by atoms with E-state index in [1.165, 1.54) is 12.7 Å². The highest BCUT2D eigenvalue weighted by Gasteiger charge is 2.30. The standard InChI is InChI=1S/C17H31N5O2S/c1-18-17(21-10-7-16(14-21)20-8-3-4-9-20)19-13-15-5-11-22(12-6-15)25(2,23)24/h3-4,15-16H,5-14H2,1-2H3,(H,18,19). The van der Waals surface area contributed by atoms with Gasteiger partial charge in [0.2, 0.25) is 10.0 Å². The van der Waals surface area contributed by atoms with E-state index >= 15 is 0 Å². The number of nitrogens with one attached hydrogen (secondary N) is 1. The van der Waals surface area contributed by atoms with Crippen molar-refractivity contribution in [3.8, 4) is 0 Å². The van der Waals surface area contributed by atoms with Crippen LogP contribution in [-0.4, -0.2) is 93.6 Å². The molecule has 3 aliphatic heterocycles. The van der Waals surface area contributed by atoms with Gasteiger partial charge in [0.05, 0.1) is 6.26 Å². The summed E-state index contributed by atoms with van der Waals surface area (Å²) in [5.74, 6) is 1.50. The third kappa shape index (κ3) is 4.74. The van der Waals surface area contributed by atoms with Gasteiger partial charge in [0.1, 0.15) is 0 Å². The highest BCUT2D eigenvalue weighted by molar-refractivity contribution is 7.88. The number of rotatable bonds is 4. The van der Waals surface area contributed by atoms with E-state index in [4.69, 9.17) is 0 Å². The van der Waals surface area contributed by atoms with Crippen molar-refractivity contribution in [2.24, 2.45) is 10.9 Å². The van der Waals surface area contributed by atoms with E-state index < -0.39 is 10.0 Å². The molecule has 3 rings (SSSR count). The average Bonchev–Trinajstić information content (AvgIpc) is 3.26. The summed E-state index contributed by atoms with van der Waals surface area (Å²) in [6, 6.07) is 0.617. The maximum Gasteiger partial charge on any atom is 0.211 e. The summed E-state index contributed by atoms with van der Waals surface area (Å²) in [6.07, 6.45) is 8.82. The first kappa shape index (κ1) is 18.7. The number of nitrogens with zero attached hydrogens (tertiary/aromatic N) is 4. The third-order valence-corrected chi connectivity index (χ3v) is 6.93. The molecule has 0 spiro atoms. The Kier molecular flexibility index (Phi) is 6.01. The molecule has 0 aromatic rings. The molecule has 0 radical (unpaired) electrons. The molecular formula is C17H31N5O2S. The van der Waals surface area contributed by atoms with Gasteiger partial charge in [-0.3, -0.25) is 9.89 Å². The lowest BCUT2D eigenvalue weighted by molar-refractivity contribution is 0.257. The Morgan fingerprint density at radius 3 is 2.44 bits per heavy atom. The van der Waals surface area contributed by atoms with Gasteiger partial charge in [-0.25, -0.2) is 12.7 Å². The fraction of sp³-hybridized carbons (Fsp3) is 0.824. The molecule has 25 heavy (non-hydrogen) atoms. The molecule has 3 aliphatic rings. The monoisotopic (exact) mass is 369 g/mol. The molecule has 0 aromatic carbocycles. The van der Waals surface area contributed by atoms with Crippen LogP contribution in [-0.2, 0) is 10.0 Å². The SMILES string of the molecule is CN=C(NCC1CCN(S(C)(=O)=O)CC1)N1CCC(N2CC=CC2)C1. The number of sulfonamides is 1. The van der Waals surface area contributed by atoms with Gasteiger partial charge in [0, 0.05) is 58.9 Å². The van der Waals surface area contributed by atoms with E-state index in [2.05, 4.69) is 32.3 Å². The Hall–Kier alpha value is -1.12. The van der Waals surface area contributed by atoms with Gasteiger partial charge in [-0.05, 0) is 25.2 Å². The highest BCUT2D eigenvalue weighted by atomic mass is 32.2. The van der Waals surface area contributed by atoms with Crippen molar-refractivity contribution in [3.63, 3.8) is 0 Å². The molecule has 1 N–H and O–H groups in total. The van der Waals surface area contributed by atoms with Crippen LogP contribution in [0.3, 0.4) is 0 Å². The van der Waals surface area contributed by atoms with Crippen LogP contribution in [0.1, 0.15) is 19.3 Å². The van der Waals surface area contributed by atoms with E-state index in [1.54, 1.807) is 4.31 Å². The third-order valence-electron chi connectivity index (χ3n) is 5.63. The van der Waals surface area contributed by atoms with Crippen LogP contribution in [0.5, 0.6) is 0 Å². The average molecular weight is 370 g/mol. The van der Waals surface area contributed by atoms with Crippen LogP contribution in [0.4, 0.5) is 0 Å². The van der Waals surface area contributed by atoms with Gasteiger partial charge < -0.3 is 10.2 Å². The lowest BCUT2D eigenvalue weighted by atomic mass is 9.98. The van der Waals surface area contributed by atoms with E-state index in [-0.39, 0.29) is 0 Å². The van der Waals surface area contributed by atoms with Crippen LogP contribution in [0.2, 0.25) is 0 Å². The minimum absolute atomic E-state index is 0.510. The quantitative estimate of drug-likeness (QED) is 0.435. The molecule has 3 heterocycles. The Morgan fingerprint density at radius 2 is 1.84 bits per heavy atom. The first-order valence-corrected chi connectivity index (χ1v) is 11.1. The molecule has 0 aliphatic carbocycles. The summed E-state index contributed by atoms with van der Waals surface area (Å²) in [7, 11) is -1.19. The minimum atomic E-state index is -3.04. The molecule has 142 valence electrons. The highest BCUT2D eigenvalue weighted by Crippen LogP contribution is 2.20. The van der Waals surface area contributed by atoms with E-state index in [0.29, 0.717) is 25.0 Å². The topological polar surface area (TPSA) is 68.2 Å². The predicted octanol–water partition coefficient (Wildman–Crippen LogP) is 0.180. The second-order valence-electron chi connectivity index (χ2n) is 7.35. The van der Waals surface area contributed by atoms with Crippen LogP contribution in [0.25, 0.3) is 0 Å². The first-order chi connectivity index (χ1) is 12.0. The normalized spacial score (nSPS) is 27.4. The summed E-state index contributed by atoms with van der Waals surface area (Å²) in [5.41, 5.74) is 0. The number of guanidine groups is 1. The molecule has 1 atom stereocenters. The largest absolute Gasteiger partial charge is 0.356 e. The Bertz CT molecular complexity index is 603. The maximum absolute atomic E-state index is 11.6. The van der Waals surface area contributed by atoms with Gasteiger partial charge in [-0.2, -0.15) is 0 Å². The fourth-order valence-corrected chi connectivity index (χ4v) is 4.91. The zero-order chi connectivity index (χ0) is 17.9. The summed E-state index contributed by atoms with van der Waals surface area (Å²) in [4.78, 5) is 9.34. The molecule has 7 nitrogen and oxygen atoms in total. The minimum Gasteiger partial charge on any atom is -0.356 e. The van der Waals surface area contributed by atoms with Gasteiger partial charge in [0.25, 0.3) is 0 Å². The van der Waals surface area contributed by atoms with E-state index in [0.717, 1.165) is 51.5 Å². The summed E-state index contributed by atoms with van der Waals surface area (Å²) in [5, 5.41) is 3.52. The van der Waals surface area contributed by atoms with Crippen molar-refractivity contribution in [2.45, 2.75) is 25.3 Å². The molecular weight excluding hydrogens is 338 g/mol. The second-order valence-corrected chi connectivity index (χ2v) is 9.33. The van der Waals surface area contributed by atoms with Crippen molar-refractivity contribution in [2.75, 3.05) is 59.1 Å². The number of aliphatic imine (C=N–C) groups is 1. The van der Waals surface area contributed by atoms with Crippen LogP contribution < -0.4 is 5.32 Å². The van der Waals surface area contributed by atoms with Gasteiger partial charge in [-0.1, -0.05) is 12.2 Å². The van der Waals surface area contributed by atoms with Gasteiger partial charge in [0.15, 0.2) is 5.96 Å². The van der Waals surface area contributed by atoms with Crippen LogP contribution in [0, 0.1) is 5.92 Å². The number of piperidine rings is 1. The molecule has 0 bridgehead atoms. The second kappa shape index (κ2) is 8.05. The summed E-state index contributed by atoms with van der Waals surface area (Å²) >= 11 is 0. The van der Waals surface area contributed by atoms with Crippen LogP contribution in [0.15, 0.2) is 17.1 Å². The fourth-order valence-electron chi connectivity index (χ4n) is 4.04. The zero-order valence-corrected chi connectivity index (χ0v) is 16.2. The molecule has 1 unspecified atom stereocenters. The van der Waals surface area contributed by atoms with Crippen molar-refractivity contribution in [1.29, 1.82) is 0 Å². The molecule has 8 heteroatoms. The number of hydrogen-bond donors (Lipinski definition) is 1. The smallest absolute Gasteiger partial charge is 0.211 e. The first-order valence-electron chi connectivity index (χ1n) is 9.27. The summed E-state index contributed by atoms with van der Waals surface area (Å²) < 4.78 is 24.8. The predicted molar refractivity (Wildman–Crippen MR) is 101 cm³/mol. The molecule has 0 aromatic heterocycles. The number of hydrogen-bond acceptors (Lipinski definition) is 4. The Labute approximate surface area is 151 Å². The zero-order valence-electron chi connectivity index (χ0n) is 15.4. The molecule has 0 amide bonds. The van der Waals surface area contributed by atoms with Crippen LogP contribution >= 0.6 is 0 Å². The number of likely N-dealkylation sites (tertiary alicyclic amines) is 1. The lowest BCUT2D eigenvalue weighted by Gasteiger charge is -2.31. The Balaban J connectivity index is 1.43. The van der Waals surface area contributed by atoms with Crippen molar-refractivity contribution in [3.05, 3.63) is 12.2 Å². The maximum atomic E-state index is 11.6. The lowest BCUT2D eigenvalue weighted by Crippen LogP contribution is -2.46. The van der Waals surface area contributed by atoms with Crippen molar-refractivity contribution in [1.82, 2.24) is 19.4 Å². The van der Waals surface area contributed by atoms with E-state index in [9.17, 15) is 8.42 Å². The van der Waals surface area contributed by atoms with Gasteiger partial charge in [-0.15, -0.1) is 0 Å². The molecule has 2 fully saturated rings. The van der Waals surface area contributed by atoms with Crippen molar-refractivity contribution >= 4 is 16.0 Å². The Morgan fingerprint density at radius 1 is 1.16 bits per heavy atom. The summed E-state index contributed by atoms with van der Waals surface area (Å²) in [6.45, 7) is 6.37.